The van der Waals surface area contributed by atoms with Crippen molar-refractivity contribution in [3.63, 3.8) is 0 Å². The van der Waals surface area contributed by atoms with Crippen LogP contribution in [0, 0.1) is 17.0 Å². The number of aryl methyl sites for hydroxylation is 1. The average molecular weight is 641 g/mol. The smallest absolute Gasteiger partial charge is 0.273 e. The molecule has 0 aliphatic rings. The number of methoxy groups -OCH3 is 2. The van der Waals surface area contributed by atoms with Crippen molar-refractivity contribution in [2.45, 2.75) is 64.1 Å². The molecule has 0 aliphatic heterocycles. The Balaban J connectivity index is 2.13. The van der Waals surface area contributed by atoms with Gasteiger partial charge >= 0.3 is 0 Å². The van der Waals surface area contributed by atoms with Crippen LogP contribution in [0.2, 0.25) is 0 Å². The highest BCUT2D eigenvalue weighted by Gasteiger charge is 2.34. The van der Waals surface area contributed by atoms with Gasteiger partial charge in [-0.05, 0) is 74.7 Å². The van der Waals surface area contributed by atoms with Crippen molar-refractivity contribution in [3.8, 4) is 11.5 Å². The van der Waals surface area contributed by atoms with Gasteiger partial charge in [0.05, 0.1) is 29.7 Å². The van der Waals surface area contributed by atoms with Crippen LogP contribution < -0.4 is 19.1 Å². The second-order valence-corrected chi connectivity index (χ2v) is 12.4. The van der Waals surface area contributed by atoms with Gasteiger partial charge in [-0.2, -0.15) is 0 Å². The van der Waals surface area contributed by atoms with Gasteiger partial charge in [0.25, 0.3) is 15.7 Å². The van der Waals surface area contributed by atoms with E-state index in [2.05, 4.69) is 5.32 Å². The van der Waals surface area contributed by atoms with Crippen molar-refractivity contribution in [2.75, 3.05) is 25.1 Å². The Bertz CT molecular complexity index is 1610. The number of nitrogens with one attached hydrogen (secondary N) is 1. The third-order valence-corrected chi connectivity index (χ3v) is 9.25. The van der Waals surface area contributed by atoms with Gasteiger partial charge < -0.3 is 19.7 Å². The summed E-state index contributed by atoms with van der Waals surface area (Å²) in [6.07, 6.45) is 0.940. The number of nitro groups is 1. The largest absolute Gasteiger partial charge is 0.497 e. The Morgan fingerprint density at radius 3 is 2.20 bits per heavy atom. The zero-order valence-electron chi connectivity index (χ0n) is 26.3. The Labute approximate surface area is 264 Å². The van der Waals surface area contributed by atoms with E-state index in [0.29, 0.717) is 23.5 Å². The van der Waals surface area contributed by atoms with Crippen molar-refractivity contribution in [1.29, 1.82) is 0 Å². The molecule has 3 rings (SSSR count). The first-order chi connectivity index (χ1) is 21.4. The number of anilines is 1. The van der Waals surface area contributed by atoms with Crippen molar-refractivity contribution in [2.24, 2.45) is 0 Å². The molecule has 0 fully saturated rings. The molecule has 1 N–H and O–H groups in total. The fourth-order valence-corrected chi connectivity index (χ4v) is 6.11. The summed E-state index contributed by atoms with van der Waals surface area (Å²) in [4.78, 5) is 39.7. The molecule has 2 amide bonds. The van der Waals surface area contributed by atoms with Crippen molar-refractivity contribution in [3.05, 3.63) is 88.0 Å². The van der Waals surface area contributed by atoms with Crippen molar-refractivity contribution >= 4 is 33.2 Å². The minimum Gasteiger partial charge on any atom is -0.497 e. The van der Waals surface area contributed by atoms with Crippen LogP contribution in [0.1, 0.15) is 44.7 Å². The highest BCUT2D eigenvalue weighted by atomic mass is 32.2. The quantitative estimate of drug-likeness (QED) is 0.183. The maximum atomic E-state index is 14.3. The first-order valence-corrected chi connectivity index (χ1v) is 15.9. The van der Waals surface area contributed by atoms with Crippen LogP contribution >= 0.6 is 0 Å². The molecule has 13 heteroatoms. The number of ether oxygens (including phenoxy) is 2. The molecule has 0 aliphatic carbocycles. The van der Waals surface area contributed by atoms with E-state index in [1.807, 2.05) is 13.8 Å². The fourth-order valence-electron chi connectivity index (χ4n) is 4.68. The van der Waals surface area contributed by atoms with Crippen LogP contribution in [0.5, 0.6) is 11.5 Å². The molecule has 0 saturated carbocycles. The molecule has 12 nitrogen and oxygen atoms in total. The molecule has 3 aromatic carbocycles. The molecule has 0 radical (unpaired) electrons. The van der Waals surface area contributed by atoms with Gasteiger partial charge in [-0.1, -0.05) is 32.0 Å². The summed E-state index contributed by atoms with van der Waals surface area (Å²) in [6.45, 7) is 6.37. The van der Waals surface area contributed by atoms with E-state index in [4.69, 9.17) is 9.47 Å². The number of benzene rings is 3. The predicted octanol–water partition coefficient (Wildman–Crippen LogP) is 4.84. The molecule has 0 unspecified atom stereocenters. The Kier molecular flexibility index (Phi) is 11.9. The van der Waals surface area contributed by atoms with Gasteiger partial charge in [-0.3, -0.25) is 24.0 Å². The minimum atomic E-state index is -4.51. The maximum Gasteiger partial charge on any atom is 0.273 e. The number of rotatable bonds is 15. The highest BCUT2D eigenvalue weighted by Crippen LogP contribution is 2.30. The number of hydrogen-bond donors (Lipinski definition) is 1. The third-order valence-electron chi connectivity index (χ3n) is 7.48. The summed E-state index contributed by atoms with van der Waals surface area (Å²) in [5, 5.41) is 14.6. The Morgan fingerprint density at radius 1 is 0.956 bits per heavy atom. The summed E-state index contributed by atoms with van der Waals surface area (Å²) in [6, 6.07) is 15.6. The second-order valence-electron chi connectivity index (χ2n) is 10.5. The SMILES string of the molecule is CC[C@@H](C)NC(=O)[C@@H](CC)N(Cc1cccc(OC)c1)C(=O)CN(c1ccc(OC)cc1)S(=O)(=O)c1ccc(C)c([N+](=O)[O-])c1. The van der Waals surface area contributed by atoms with Crippen LogP contribution in [-0.4, -0.2) is 62.9 Å². The van der Waals surface area contributed by atoms with Crippen LogP contribution in [0.3, 0.4) is 0 Å². The predicted molar refractivity (Wildman–Crippen MR) is 171 cm³/mol. The molecule has 3 aromatic rings. The summed E-state index contributed by atoms with van der Waals surface area (Å²) < 4.78 is 39.7. The summed E-state index contributed by atoms with van der Waals surface area (Å²) in [7, 11) is -1.53. The third kappa shape index (κ3) is 8.50. The topological polar surface area (TPSA) is 148 Å². The summed E-state index contributed by atoms with van der Waals surface area (Å²) in [5.41, 5.74) is 0.717. The van der Waals surface area contributed by atoms with Gasteiger partial charge in [-0.15, -0.1) is 0 Å². The molecule has 2 atom stereocenters. The standard InChI is InChI=1S/C32H40N4O8S/c1-7-23(4)33-32(38)29(8-2)34(20-24-10-9-11-27(18-24)44-6)31(37)21-35(25-13-15-26(43-5)16-14-25)45(41,42)28-17-12-22(3)30(19-28)36(39)40/h9-19,23,29H,7-8,20-21H2,1-6H3,(H,33,38)/t23-,29-/m1/s1. The second kappa shape index (κ2) is 15.4. The van der Waals surface area contributed by atoms with E-state index in [1.54, 1.807) is 43.3 Å². The van der Waals surface area contributed by atoms with Crippen LogP contribution in [0.4, 0.5) is 11.4 Å². The normalized spacial score (nSPS) is 12.5. The number of nitrogens with zero attached hydrogens (tertiary/aromatic N) is 3. The Morgan fingerprint density at radius 2 is 1.62 bits per heavy atom. The lowest BCUT2D eigenvalue weighted by molar-refractivity contribution is -0.385. The van der Waals surface area contributed by atoms with Crippen molar-refractivity contribution in [1.82, 2.24) is 10.2 Å². The first-order valence-electron chi connectivity index (χ1n) is 14.5. The van der Waals surface area contributed by atoms with Gasteiger partial charge in [0.15, 0.2) is 0 Å². The number of hydrogen-bond acceptors (Lipinski definition) is 8. The lowest BCUT2D eigenvalue weighted by Gasteiger charge is -2.33. The average Bonchev–Trinajstić information content (AvgIpc) is 3.03. The number of nitro benzene ring substituents is 1. The van der Waals surface area contributed by atoms with E-state index >= 15 is 0 Å². The molecular formula is C32H40N4O8S. The minimum absolute atomic E-state index is 0.00499. The van der Waals surface area contributed by atoms with Gasteiger partial charge in [0.2, 0.25) is 11.8 Å². The molecule has 45 heavy (non-hydrogen) atoms. The lowest BCUT2D eigenvalue weighted by atomic mass is 10.1. The number of carbonyl (C=O) groups excluding carboxylic acids is 2. The van der Waals surface area contributed by atoms with Crippen molar-refractivity contribution < 1.29 is 32.4 Å². The zero-order valence-corrected chi connectivity index (χ0v) is 27.2. The van der Waals surface area contributed by atoms with Gasteiger partial charge in [0, 0.05) is 24.2 Å². The summed E-state index contributed by atoms with van der Waals surface area (Å²) >= 11 is 0. The van der Waals surface area contributed by atoms with Crippen LogP contribution in [0.15, 0.2) is 71.6 Å². The first kappa shape index (κ1) is 34.8. The fraction of sp³-hybridized carbons (Fsp3) is 0.375. The van der Waals surface area contributed by atoms with Gasteiger partial charge in [0.1, 0.15) is 24.1 Å². The highest BCUT2D eigenvalue weighted by molar-refractivity contribution is 7.92. The monoisotopic (exact) mass is 640 g/mol. The van der Waals surface area contributed by atoms with E-state index in [9.17, 15) is 28.1 Å². The zero-order chi connectivity index (χ0) is 33.3. The lowest BCUT2D eigenvalue weighted by Crippen LogP contribution is -2.53. The van der Waals surface area contributed by atoms with E-state index in [1.165, 1.54) is 50.3 Å². The van der Waals surface area contributed by atoms with Crippen LogP contribution in [-0.2, 0) is 26.2 Å². The number of sulfonamides is 1. The Hall–Kier alpha value is -4.65. The molecular weight excluding hydrogens is 600 g/mol. The molecule has 0 aromatic heterocycles. The summed E-state index contributed by atoms with van der Waals surface area (Å²) in [5.74, 6) is 0.00213. The van der Waals surface area contributed by atoms with E-state index in [-0.39, 0.29) is 46.7 Å². The van der Waals surface area contributed by atoms with Gasteiger partial charge in [-0.25, -0.2) is 8.42 Å². The molecule has 242 valence electrons. The number of carbonyl (C=O) groups is 2. The molecule has 0 bridgehead atoms. The molecule has 0 saturated heterocycles. The van der Waals surface area contributed by atoms with E-state index in [0.717, 1.165) is 10.4 Å². The number of amides is 2. The molecule has 0 spiro atoms. The maximum absolute atomic E-state index is 14.3. The van der Waals surface area contributed by atoms with Crippen LogP contribution in [0.25, 0.3) is 0 Å². The van der Waals surface area contributed by atoms with E-state index < -0.39 is 33.4 Å². The molecule has 0 heterocycles.